The van der Waals surface area contributed by atoms with E-state index in [1.54, 1.807) is 0 Å². The molecular formula is C26H33N7O. The lowest BCUT2D eigenvalue weighted by molar-refractivity contribution is 0.0943. The van der Waals surface area contributed by atoms with Crippen molar-refractivity contribution in [2.75, 3.05) is 11.9 Å². The molecule has 1 heterocycles. The minimum absolute atomic E-state index is 0.0242. The molecule has 4 rings (SSSR count). The number of nitrogens with zero attached hydrogens (tertiary/aromatic N) is 3. The molecule has 2 atom stereocenters. The van der Waals surface area contributed by atoms with Gasteiger partial charge in [-0.15, -0.1) is 0 Å². The van der Waals surface area contributed by atoms with Crippen LogP contribution in [0.5, 0.6) is 0 Å². The SMILES string of the molecule is Cc1ccc2nc(C(=O)NCCCc3ccccc3)nc(NC3CCCCC3N=C(N)N)c2c1. The Hall–Kier alpha value is -3.68. The predicted octanol–water partition coefficient (Wildman–Crippen LogP) is 3.30. The monoisotopic (exact) mass is 459 g/mol. The van der Waals surface area contributed by atoms with Crippen LogP contribution >= 0.6 is 0 Å². The molecule has 8 heteroatoms. The number of guanidine groups is 1. The van der Waals surface area contributed by atoms with E-state index >= 15 is 0 Å². The van der Waals surface area contributed by atoms with Gasteiger partial charge in [-0.05, 0) is 50.3 Å². The number of rotatable bonds is 8. The number of nitrogens with one attached hydrogen (secondary N) is 2. The topological polar surface area (TPSA) is 131 Å². The number of carbonyl (C=O) groups excluding carboxylic acids is 1. The number of aryl methyl sites for hydroxylation is 2. The highest BCUT2D eigenvalue weighted by Gasteiger charge is 2.26. The van der Waals surface area contributed by atoms with E-state index in [0.717, 1.165) is 55.0 Å². The molecule has 8 nitrogen and oxygen atoms in total. The average Bonchev–Trinajstić information content (AvgIpc) is 2.83. The molecule has 0 bridgehead atoms. The highest BCUT2D eigenvalue weighted by Crippen LogP contribution is 2.28. The van der Waals surface area contributed by atoms with Gasteiger partial charge in [-0.1, -0.05) is 54.8 Å². The van der Waals surface area contributed by atoms with Crippen molar-refractivity contribution in [3.63, 3.8) is 0 Å². The first-order chi connectivity index (χ1) is 16.5. The molecule has 2 unspecified atom stereocenters. The summed E-state index contributed by atoms with van der Waals surface area (Å²) in [6.07, 6.45) is 5.76. The first kappa shape index (κ1) is 23.5. The Morgan fingerprint density at radius 2 is 1.88 bits per heavy atom. The Labute approximate surface area is 200 Å². The molecule has 1 amide bonds. The Balaban J connectivity index is 1.52. The van der Waals surface area contributed by atoms with Gasteiger partial charge in [0.2, 0.25) is 5.82 Å². The number of carbonyl (C=O) groups is 1. The van der Waals surface area contributed by atoms with Crippen LogP contribution in [0.3, 0.4) is 0 Å². The van der Waals surface area contributed by atoms with Crippen LogP contribution < -0.4 is 22.1 Å². The van der Waals surface area contributed by atoms with Crippen molar-refractivity contribution in [1.82, 2.24) is 15.3 Å². The minimum Gasteiger partial charge on any atom is -0.370 e. The van der Waals surface area contributed by atoms with E-state index in [-0.39, 0.29) is 29.8 Å². The molecule has 0 aliphatic heterocycles. The molecule has 1 aromatic heterocycles. The van der Waals surface area contributed by atoms with Gasteiger partial charge in [0.05, 0.1) is 17.6 Å². The van der Waals surface area contributed by atoms with Crippen LogP contribution in [0.1, 0.15) is 53.8 Å². The maximum absolute atomic E-state index is 12.9. The van der Waals surface area contributed by atoms with Crippen LogP contribution in [0, 0.1) is 6.92 Å². The highest BCUT2D eigenvalue weighted by molar-refractivity contribution is 5.96. The second kappa shape index (κ2) is 11.0. The van der Waals surface area contributed by atoms with Crippen molar-refractivity contribution < 1.29 is 4.79 Å². The fourth-order valence-electron chi connectivity index (χ4n) is 4.47. The summed E-state index contributed by atoms with van der Waals surface area (Å²) in [5.41, 5.74) is 14.4. The summed E-state index contributed by atoms with van der Waals surface area (Å²) in [6, 6.07) is 16.2. The van der Waals surface area contributed by atoms with Crippen molar-refractivity contribution in [3.05, 3.63) is 65.5 Å². The Morgan fingerprint density at radius 3 is 2.68 bits per heavy atom. The first-order valence-electron chi connectivity index (χ1n) is 12.0. The smallest absolute Gasteiger partial charge is 0.289 e. The summed E-state index contributed by atoms with van der Waals surface area (Å²) >= 11 is 0. The number of anilines is 1. The van der Waals surface area contributed by atoms with Gasteiger partial charge in [-0.2, -0.15) is 0 Å². The second-order valence-corrected chi connectivity index (χ2v) is 8.92. The van der Waals surface area contributed by atoms with Crippen molar-refractivity contribution >= 4 is 28.6 Å². The van der Waals surface area contributed by atoms with E-state index < -0.39 is 0 Å². The van der Waals surface area contributed by atoms with E-state index in [4.69, 9.17) is 11.5 Å². The van der Waals surface area contributed by atoms with Gasteiger partial charge in [0.1, 0.15) is 5.82 Å². The van der Waals surface area contributed by atoms with Crippen molar-refractivity contribution in [3.8, 4) is 0 Å². The molecular weight excluding hydrogens is 426 g/mol. The molecule has 1 aliphatic carbocycles. The summed E-state index contributed by atoms with van der Waals surface area (Å²) in [4.78, 5) is 26.5. The normalized spacial score (nSPS) is 17.8. The van der Waals surface area contributed by atoms with Crippen LogP contribution in [-0.2, 0) is 6.42 Å². The molecule has 34 heavy (non-hydrogen) atoms. The Morgan fingerprint density at radius 1 is 1.09 bits per heavy atom. The van der Waals surface area contributed by atoms with Crippen molar-refractivity contribution in [1.29, 1.82) is 0 Å². The maximum atomic E-state index is 12.9. The number of hydrogen-bond donors (Lipinski definition) is 4. The van der Waals surface area contributed by atoms with Crippen LogP contribution in [0.15, 0.2) is 53.5 Å². The van der Waals surface area contributed by atoms with E-state index in [1.807, 2.05) is 43.3 Å². The zero-order valence-corrected chi connectivity index (χ0v) is 19.6. The summed E-state index contributed by atoms with van der Waals surface area (Å²) < 4.78 is 0. The average molecular weight is 460 g/mol. The molecule has 6 N–H and O–H groups in total. The fraction of sp³-hybridized carbons (Fsp3) is 0.385. The van der Waals surface area contributed by atoms with Gasteiger partial charge in [-0.25, -0.2) is 15.0 Å². The number of benzene rings is 2. The minimum atomic E-state index is -0.275. The van der Waals surface area contributed by atoms with Crippen LogP contribution in [-0.4, -0.2) is 40.5 Å². The lowest BCUT2D eigenvalue weighted by Gasteiger charge is -2.30. The fourth-order valence-corrected chi connectivity index (χ4v) is 4.47. The van der Waals surface area contributed by atoms with Crippen LogP contribution in [0.2, 0.25) is 0 Å². The van der Waals surface area contributed by atoms with Gasteiger partial charge in [0, 0.05) is 11.9 Å². The summed E-state index contributed by atoms with van der Waals surface area (Å²) in [7, 11) is 0. The molecule has 2 aromatic carbocycles. The largest absolute Gasteiger partial charge is 0.370 e. The number of hydrogen-bond acceptors (Lipinski definition) is 5. The zero-order valence-electron chi connectivity index (χ0n) is 19.6. The molecule has 178 valence electrons. The van der Waals surface area contributed by atoms with Crippen LogP contribution in [0.4, 0.5) is 5.82 Å². The number of amides is 1. The molecule has 0 radical (unpaired) electrons. The lowest BCUT2D eigenvalue weighted by Crippen LogP contribution is -2.38. The van der Waals surface area contributed by atoms with Gasteiger partial charge >= 0.3 is 0 Å². The predicted molar refractivity (Wildman–Crippen MR) is 137 cm³/mol. The van der Waals surface area contributed by atoms with Crippen molar-refractivity contribution in [2.45, 2.75) is 57.5 Å². The molecule has 0 spiro atoms. The highest BCUT2D eigenvalue weighted by atomic mass is 16.2. The quantitative estimate of drug-likeness (QED) is 0.232. The maximum Gasteiger partial charge on any atom is 0.289 e. The zero-order chi connectivity index (χ0) is 23.9. The third-order valence-electron chi connectivity index (χ3n) is 6.19. The molecule has 1 saturated carbocycles. The lowest BCUT2D eigenvalue weighted by atomic mass is 9.90. The second-order valence-electron chi connectivity index (χ2n) is 8.92. The molecule has 1 fully saturated rings. The van der Waals surface area contributed by atoms with E-state index in [9.17, 15) is 4.79 Å². The van der Waals surface area contributed by atoms with Gasteiger partial charge in [-0.3, -0.25) is 4.79 Å². The van der Waals surface area contributed by atoms with Gasteiger partial charge in [0.25, 0.3) is 5.91 Å². The number of fused-ring (bicyclic) bond motifs is 1. The molecule has 1 aliphatic rings. The molecule has 0 saturated heterocycles. The van der Waals surface area contributed by atoms with Crippen molar-refractivity contribution in [2.24, 2.45) is 16.5 Å². The Bertz CT molecular complexity index is 1160. The first-order valence-corrected chi connectivity index (χ1v) is 12.0. The standard InChI is InChI=1S/C26H33N7O/c1-17-13-14-20-19(16-17)23(31-21-11-5-6-12-22(21)32-26(27)28)33-24(30-20)25(34)29-15-7-10-18-8-3-2-4-9-18/h2-4,8-9,13-14,16,21-22H,5-7,10-12,15H2,1H3,(H,29,34)(H4,27,28,32)(H,30,31,33). The molecule has 3 aromatic rings. The third-order valence-corrected chi connectivity index (χ3v) is 6.19. The summed E-state index contributed by atoms with van der Waals surface area (Å²) in [5.74, 6) is 0.624. The van der Waals surface area contributed by atoms with E-state index in [2.05, 4.69) is 37.7 Å². The summed E-state index contributed by atoms with van der Waals surface area (Å²) in [5, 5.41) is 7.39. The van der Waals surface area contributed by atoms with Crippen LogP contribution in [0.25, 0.3) is 10.9 Å². The van der Waals surface area contributed by atoms with Gasteiger partial charge in [0.15, 0.2) is 5.96 Å². The number of nitrogens with two attached hydrogens (primary N) is 2. The van der Waals surface area contributed by atoms with E-state index in [1.165, 1.54) is 5.56 Å². The van der Waals surface area contributed by atoms with Gasteiger partial charge < -0.3 is 22.1 Å². The number of aliphatic imine (C=N–C) groups is 1. The third kappa shape index (κ3) is 6.01. The number of aromatic nitrogens is 2. The van der Waals surface area contributed by atoms with E-state index in [0.29, 0.717) is 12.4 Å². The Kier molecular flexibility index (Phi) is 7.57. The summed E-state index contributed by atoms with van der Waals surface area (Å²) in [6.45, 7) is 2.58.